The molecule has 0 aromatic heterocycles. The van der Waals surface area contributed by atoms with Crippen molar-refractivity contribution in [2.75, 3.05) is 0 Å². The van der Waals surface area contributed by atoms with Gasteiger partial charge in [0.05, 0.1) is 6.10 Å². The van der Waals surface area contributed by atoms with Crippen LogP contribution in [0, 0.1) is 5.92 Å². The van der Waals surface area contributed by atoms with Crippen LogP contribution in [0.3, 0.4) is 0 Å². The summed E-state index contributed by atoms with van der Waals surface area (Å²) >= 11 is 0. The van der Waals surface area contributed by atoms with E-state index in [0.29, 0.717) is 5.92 Å². The maximum atomic E-state index is 10.2. The van der Waals surface area contributed by atoms with Crippen LogP contribution in [0.15, 0.2) is 24.3 Å². The second kappa shape index (κ2) is 5.01. The summed E-state index contributed by atoms with van der Waals surface area (Å²) in [4.78, 5) is 0. The van der Waals surface area contributed by atoms with Crippen LogP contribution in [0.2, 0.25) is 0 Å². The van der Waals surface area contributed by atoms with Crippen LogP contribution in [-0.2, 0) is 5.41 Å². The molecule has 0 bridgehead atoms. The molecule has 0 radical (unpaired) electrons. The van der Waals surface area contributed by atoms with E-state index in [1.807, 2.05) is 18.2 Å². The molecular formula is C15H24O. The van der Waals surface area contributed by atoms with Crippen LogP contribution in [0.5, 0.6) is 0 Å². The quantitative estimate of drug-likeness (QED) is 0.814. The molecule has 0 aliphatic carbocycles. The standard InChI is InChI=1S/C15H24O/c1-11(2)10-14(16)12-8-6-7-9-13(12)15(3,4)5/h6-9,11,14,16H,10H2,1-5H3. The Morgan fingerprint density at radius 3 is 2.19 bits per heavy atom. The summed E-state index contributed by atoms with van der Waals surface area (Å²) in [5.41, 5.74) is 2.43. The normalized spacial score (nSPS) is 14.2. The summed E-state index contributed by atoms with van der Waals surface area (Å²) in [5.74, 6) is 0.517. The zero-order valence-corrected chi connectivity index (χ0v) is 11.1. The van der Waals surface area contributed by atoms with Gasteiger partial charge in [-0.15, -0.1) is 0 Å². The first-order valence-corrected chi connectivity index (χ1v) is 6.10. The lowest BCUT2D eigenvalue weighted by molar-refractivity contribution is 0.149. The van der Waals surface area contributed by atoms with Crippen molar-refractivity contribution < 1.29 is 5.11 Å². The highest BCUT2D eigenvalue weighted by Gasteiger charge is 2.21. The molecule has 16 heavy (non-hydrogen) atoms. The topological polar surface area (TPSA) is 20.2 Å². The van der Waals surface area contributed by atoms with Crippen molar-refractivity contribution in [1.29, 1.82) is 0 Å². The number of hydrogen-bond acceptors (Lipinski definition) is 1. The molecule has 90 valence electrons. The molecule has 0 amide bonds. The Hall–Kier alpha value is -0.820. The summed E-state index contributed by atoms with van der Waals surface area (Å²) in [6.07, 6.45) is 0.489. The van der Waals surface area contributed by atoms with Gasteiger partial charge in [0, 0.05) is 0 Å². The lowest BCUT2D eigenvalue weighted by atomic mass is 9.81. The van der Waals surface area contributed by atoms with Crippen molar-refractivity contribution in [2.24, 2.45) is 5.92 Å². The molecule has 1 unspecified atom stereocenters. The average Bonchev–Trinajstić information content (AvgIpc) is 2.15. The van der Waals surface area contributed by atoms with Crippen LogP contribution < -0.4 is 0 Å². The third-order valence-electron chi connectivity index (χ3n) is 2.82. The average molecular weight is 220 g/mol. The third kappa shape index (κ3) is 3.34. The second-order valence-corrected chi connectivity index (χ2v) is 5.98. The Morgan fingerprint density at radius 1 is 1.12 bits per heavy atom. The minimum absolute atomic E-state index is 0.0918. The van der Waals surface area contributed by atoms with E-state index in [9.17, 15) is 5.11 Å². The van der Waals surface area contributed by atoms with E-state index in [1.54, 1.807) is 0 Å². The van der Waals surface area contributed by atoms with Crippen LogP contribution in [0.1, 0.15) is 58.3 Å². The molecule has 0 saturated carbocycles. The zero-order chi connectivity index (χ0) is 12.3. The van der Waals surface area contributed by atoms with Crippen molar-refractivity contribution in [3.63, 3.8) is 0 Å². The van der Waals surface area contributed by atoms with Crippen molar-refractivity contribution in [2.45, 2.75) is 52.6 Å². The van der Waals surface area contributed by atoms with Crippen molar-refractivity contribution in [1.82, 2.24) is 0 Å². The maximum Gasteiger partial charge on any atom is 0.0795 e. The van der Waals surface area contributed by atoms with Gasteiger partial charge in [0.15, 0.2) is 0 Å². The molecule has 1 N–H and O–H groups in total. The van der Waals surface area contributed by atoms with E-state index >= 15 is 0 Å². The molecule has 1 aromatic rings. The van der Waals surface area contributed by atoms with Gasteiger partial charge in [-0.25, -0.2) is 0 Å². The Balaban J connectivity index is 3.04. The largest absolute Gasteiger partial charge is 0.388 e. The van der Waals surface area contributed by atoms with Gasteiger partial charge < -0.3 is 5.11 Å². The van der Waals surface area contributed by atoms with Gasteiger partial charge in [-0.05, 0) is 28.9 Å². The van der Waals surface area contributed by atoms with Gasteiger partial charge in [0.25, 0.3) is 0 Å². The second-order valence-electron chi connectivity index (χ2n) is 5.98. The summed E-state index contributed by atoms with van der Waals surface area (Å²) in [5, 5.41) is 10.2. The lowest BCUT2D eigenvalue weighted by Crippen LogP contribution is -2.16. The highest BCUT2D eigenvalue weighted by molar-refractivity contribution is 5.34. The predicted octanol–water partition coefficient (Wildman–Crippen LogP) is 4.06. The molecule has 0 fully saturated rings. The predicted molar refractivity (Wildman–Crippen MR) is 69.6 cm³/mol. The number of hydrogen-bond donors (Lipinski definition) is 1. The van der Waals surface area contributed by atoms with Crippen LogP contribution >= 0.6 is 0 Å². The van der Waals surface area contributed by atoms with E-state index in [-0.39, 0.29) is 11.5 Å². The first-order valence-electron chi connectivity index (χ1n) is 6.10. The fraction of sp³-hybridized carbons (Fsp3) is 0.600. The van der Waals surface area contributed by atoms with E-state index in [2.05, 4.69) is 40.7 Å². The Kier molecular flexibility index (Phi) is 4.15. The molecule has 0 aliphatic heterocycles. The van der Waals surface area contributed by atoms with Gasteiger partial charge in [0.1, 0.15) is 0 Å². The molecule has 0 heterocycles. The fourth-order valence-electron chi connectivity index (χ4n) is 2.04. The van der Waals surface area contributed by atoms with Crippen LogP contribution in [0.4, 0.5) is 0 Å². The monoisotopic (exact) mass is 220 g/mol. The Labute approximate surface area is 99.5 Å². The van der Waals surface area contributed by atoms with Gasteiger partial charge in [0.2, 0.25) is 0 Å². The van der Waals surface area contributed by atoms with Gasteiger partial charge in [-0.3, -0.25) is 0 Å². The number of aliphatic hydroxyl groups is 1. The molecule has 1 aromatic carbocycles. The lowest BCUT2D eigenvalue weighted by Gasteiger charge is -2.26. The highest BCUT2D eigenvalue weighted by Crippen LogP contribution is 2.31. The molecule has 0 saturated heterocycles. The molecule has 1 nitrogen and oxygen atoms in total. The van der Waals surface area contributed by atoms with E-state index in [4.69, 9.17) is 0 Å². The number of aliphatic hydroxyl groups excluding tert-OH is 1. The minimum Gasteiger partial charge on any atom is -0.388 e. The number of benzene rings is 1. The molecule has 1 rings (SSSR count). The smallest absolute Gasteiger partial charge is 0.0795 e. The fourth-order valence-corrected chi connectivity index (χ4v) is 2.04. The summed E-state index contributed by atoms with van der Waals surface area (Å²) in [6.45, 7) is 10.8. The highest BCUT2D eigenvalue weighted by atomic mass is 16.3. The van der Waals surface area contributed by atoms with E-state index in [1.165, 1.54) is 5.56 Å². The SMILES string of the molecule is CC(C)CC(O)c1ccccc1C(C)(C)C. The van der Waals surface area contributed by atoms with Gasteiger partial charge in [-0.1, -0.05) is 58.9 Å². The van der Waals surface area contributed by atoms with Crippen molar-refractivity contribution >= 4 is 0 Å². The van der Waals surface area contributed by atoms with Crippen molar-refractivity contribution in [3.05, 3.63) is 35.4 Å². The first-order chi connectivity index (χ1) is 7.32. The summed E-state index contributed by atoms with van der Waals surface area (Å²) in [6, 6.07) is 8.23. The van der Waals surface area contributed by atoms with Crippen LogP contribution in [0.25, 0.3) is 0 Å². The summed E-state index contributed by atoms with van der Waals surface area (Å²) < 4.78 is 0. The molecule has 0 spiro atoms. The third-order valence-corrected chi connectivity index (χ3v) is 2.82. The van der Waals surface area contributed by atoms with Gasteiger partial charge >= 0.3 is 0 Å². The molecular weight excluding hydrogens is 196 g/mol. The Morgan fingerprint density at radius 2 is 1.69 bits per heavy atom. The first kappa shape index (κ1) is 13.2. The maximum absolute atomic E-state index is 10.2. The van der Waals surface area contributed by atoms with E-state index < -0.39 is 0 Å². The molecule has 1 heteroatoms. The van der Waals surface area contributed by atoms with E-state index in [0.717, 1.165) is 12.0 Å². The molecule has 1 atom stereocenters. The zero-order valence-electron chi connectivity index (χ0n) is 11.1. The summed E-state index contributed by atoms with van der Waals surface area (Å²) in [7, 11) is 0. The Bertz CT molecular complexity index is 334. The molecule has 0 aliphatic rings. The minimum atomic E-state index is -0.338. The van der Waals surface area contributed by atoms with Crippen molar-refractivity contribution in [3.8, 4) is 0 Å². The van der Waals surface area contributed by atoms with Crippen LogP contribution in [-0.4, -0.2) is 5.11 Å². The number of rotatable bonds is 3. The van der Waals surface area contributed by atoms with Gasteiger partial charge in [-0.2, -0.15) is 0 Å².